The average molecular weight is 703 g/mol. The van der Waals surface area contributed by atoms with Crippen LogP contribution < -0.4 is 16.4 Å². The number of rotatable bonds is 10. The molecule has 2 amide bonds. The first-order chi connectivity index (χ1) is 23.9. The number of methoxy groups -OCH3 is 1. The van der Waals surface area contributed by atoms with Crippen LogP contribution in [0.25, 0.3) is 27.7 Å². The summed E-state index contributed by atoms with van der Waals surface area (Å²) < 4.78 is 39.3. The van der Waals surface area contributed by atoms with E-state index >= 15 is 8.78 Å². The lowest BCUT2D eigenvalue weighted by atomic mass is 9.93. The number of nitrogens with one attached hydrogen (secondary N) is 2. The quantitative estimate of drug-likeness (QED) is 0.114. The Hall–Kier alpha value is -4.91. The summed E-state index contributed by atoms with van der Waals surface area (Å²) in [6, 6.07) is 8.64. The van der Waals surface area contributed by atoms with E-state index in [1.54, 1.807) is 31.5 Å². The van der Waals surface area contributed by atoms with Crippen LogP contribution in [0.3, 0.4) is 0 Å². The molecule has 0 atom stereocenters. The topological polar surface area (TPSA) is 133 Å². The molecule has 1 aliphatic carbocycles. The molecule has 0 saturated heterocycles. The molecular weight excluding hydrogens is 666 g/mol. The van der Waals surface area contributed by atoms with E-state index < -0.39 is 34.9 Å². The zero-order valence-electron chi connectivity index (χ0n) is 28.1. The van der Waals surface area contributed by atoms with Gasteiger partial charge in [0.2, 0.25) is 11.7 Å². The minimum Gasteiger partial charge on any atom is -0.381 e. The van der Waals surface area contributed by atoms with E-state index in [1.165, 1.54) is 16.5 Å². The van der Waals surface area contributed by atoms with Crippen molar-refractivity contribution in [3.05, 3.63) is 99.6 Å². The summed E-state index contributed by atoms with van der Waals surface area (Å²) in [5, 5.41) is 5.93. The number of hydrogen-bond acceptors (Lipinski definition) is 6. The van der Waals surface area contributed by atoms with E-state index in [-0.39, 0.29) is 22.9 Å². The Morgan fingerprint density at radius 1 is 1.10 bits per heavy atom. The lowest BCUT2D eigenvalue weighted by molar-refractivity contribution is -0.112. The lowest BCUT2D eigenvalue weighted by Gasteiger charge is -2.27. The van der Waals surface area contributed by atoms with Gasteiger partial charge in [-0.15, -0.1) is 0 Å². The van der Waals surface area contributed by atoms with Crippen LogP contribution >= 0.6 is 11.6 Å². The van der Waals surface area contributed by atoms with Gasteiger partial charge in [0.15, 0.2) is 0 Å². The van der Waals surface area contributed by atoms with Gasteiger partial charge in [-0.1, -0.05) is 23.7 Å². The van der Waals surface area contributed by atoms with E-state index in [0.29, 0.717) is 39.8 Å². The van der Waals surface area contributed by atoms with Crippen molar-refractivity contribution in [3.63, 3.8) is 0 Å². The largest absolute Gasteiger partial charge is 0.381 e. The first-order valence-electron chi connectivity index (χ1n) is 16.2. The number of hydrogen-bond donors (Lipinski definition) is 3. The van der Waals surface area contributed by atoms with Gasteiger partial charge >= 0.3 is 0 Å². The number of carbonyl (C=O) groups is 3. The second kappa shape index (κ2) is 14.1. The van der Waals surface area contributed by atoms with Crippen LogP contribution in [0.15, 0.2) is 54.7 Å². The van der Waals surface area contributed by atoms with Crippen LogP contribution in [-0.2, 0) is 16.6 Å². The molecule has 1 fully saturated rings. The fourth-order valence-corrected chi connectivity index (χ4v) is 7.11. The molecule has 260 valence electrons. The average Bonchev–Trinajstić information content (AvgIpc) is 3.62. The molecule has 0 spiro atoms. The molecule has 4 N–H and O–H groups in total. The van der Waals surface area contributed by atoms with E-state index in [0.717, 1.165) is 54.7 Å². The number of anilines is 1. The summed E-state index contributed by atoms with van der Waals surface area (Å²) in [5.74, 6) is -3.83. The molecule has 10 nitrogen and oxygen atoms in total. The standard InChI is InChI=1S/C37H37ClF2N6O4/c1-19-15-28-34(43-20(2)45(28)3)32(38)31(19)24-7-6-14-46-29(18-25(35(24)46)37(41)49)36(48)21-16-26(39)33(27(40)17-21)44-30(47)8-5-13-42-22-9-11-23(50-4)12-10-22/h5-8,14-18,22-23,42H,9-13H2,1-4H3,(H2,41,49)(H,44,47)/b8-5+. The van der Waals surface area contributed by atoms with E-state index in [4.69, 9.17) is 22.1 Å². The number of aromatic nitrogens is 3. The molecule has 13 heteroatoms. The Kier molecular flexibility index (Phi) is 9.88. The second-order valence-electron chi connectivity index (χ2n) is 12.6. The fraction of sp³-hybridized carbons (Fsp3) is 0.297. The Morgan fingerprint density at radius 2 is 1.80 bits per heavy atom. The molecule has 1 aliphatic rings. The van der Waals surface area contributed by atoms with Gasteiger partial charge in [0.05, 0.1) is 33.4 Å². The Labute approximate surface area is 292 Å². The van der Waals surface area contributed by atoms with Gasteiger partial charge in [-0.05, 0) is 75.4 Å². The van der Waals surface area contributed by atoms with Crippen LogP contribution in [0, 0.1) is 25.5 Å². The van der Waals surface area contributed by atoms with E-state index in [2.05, 4.69) is 15.6 Å². The number of ether oxygens (including phenoxy) is 1. The first kappa shape index (κ1) is 34.9. The number of ketones is 1. The number of aryl methyl sites for hydroxylation is 3. The highest BCUT2D eigenvalue weighted by molar-refractivity contribution is 6.38. The van der Waals surface area contributed by atoms with Crippen LogP contribution in [-0.4, -0.2) is 57.3 Å². The molecule has 0 radical (unpaired) electrons. The van der Waals surface area contributed by atoms with Gasteiger partial charge in [0.25, 0.3) is 5.91 Å². The lowest BCUT2D eigenvalue weighted by Crippen LogP contribution is -2.35. The van der Waals surface area contributed by atoms with Gasteiger partial charge in [0, 0.05) is 55.7 Å². The monoisotopic (exact) mass is 702 g/mol. The highest BCUT2D eigenvalue weighted by Crippen LogP contribution is 2.40. The number of pyridine rings is 1. The first-order valence-corrected chi connectivity index (χ1v) is 16.6. The Bertz CT molecular complexity index is 2180. The zero-order chi connectivity index (χ0) is 35.9. The molecular formula is C37H37ClF2N6O4. The van der Waals surface area contributed by atoms with Gasteiger partial charge in [-0.25, -0.2) is 13.8 Å². The highest BCUT2D eigenvalue weighted by Gasteiger charge is 2.26. The predicted octanol–water partition coefficient (Wildman–Crippen LogP) is 6.41. The number of nitrogens with zero attached hydrogens (tertiary/aromatic N) is 3. The molecule has 3 heterocycles. The number of carbonyl (C=O) groups excluding carboxylic acids is 3. The molecule has 5 aromatic rings. The maximum Gasteiger partial charge on any atom is 0.250 e. The molecule has 0 bridgehead atoms. The minimum atomic E-state index is -1.14. The van der Waals surface area contributed by atoms with Crippen molar-refractivity contribution in [1.29, 1.82) is 0 Å². The highest BCUT2D eigenvalue weighted by atomic mass is 35.5. The van der Waals surface area contributed by atoms with Gasteiger partial charge in [0.1, 0.15) is 28.7 Å². The third kappa shape index (κ3) is 6.53. The van der Waals surface area contributed by atoms with Crippen LogP contribution in [0.2, 0.25) is 5.02 Å². The molecule has 0 aliphatic heterocycles. The van der Waals surface area contributed by atoms with Crippen molar-refractivity contribution >= 4 is 51.4 Å². The number of fused-ring (bicyclic) bond motifs is 2. The predicted molar refractivity (Wildman–Crippen MR) is 189 cm³/mol. The smallest absolute Gasteiger partial charge is 0.250 e. The van der Waals surface area contributed by atoms with Crippen LogP contribution in [0.4, 0.5) is 14.5 Å². The normalized spacial score (nSPS) is 16.5. The number of imidazole rings is 1. The number of amides is 2. The summed E-state index contributed by atoms with van der Waals surface area (Å²) in [5.41, 5.74) is 8.34. The second-order valence-corrected chi connectivity index (χ2v) is 12.9. The summed E-state index contributed by atoms with van der Waals surface area (Å²) in [4.78, 5) is 43.6. The van der Waals surface area contributed by atoms with E-state index in [9.17, 15) is 14.4 Å². The van der Waals surface area contributed by atoms with Crippen molar-refractivity contribution in [3.8, 4) is 11.1 Å². The van der Waals surface area contributed by atoms with Crippen molar-refractivity contribution in [2.24, 2.45) is 12.8 Å². The minimum absolute atomic E-state index is 0.0190. The van der Waals surface area contributed by atoms with Gasteiger partial charge in [-0.2, -0.15) is 0 Å². The summed E-state index contributed by atoms with van der Waals surface area (Å²) >= 11 is 6.93. The number of benzene rings is 2. The summed E-state index contributed by atoms with van der Waals surface area (Å²) in [6.07, 6.45) is 8.44. The Morgan fingerprint density at radius 3 is 2.46 bits per heavy atom. The molecule has 50 heavy (non-hydrogen) atoms. The number of nitrogens with two attached hydrogens (primary N) is 1. The third-order valence-corrected chi connectivity index (χ3v) is 9.82. The summed E-state index contributed by atoms with van der Waals surface area (Å²) in [6.45, 7) is 4.15. The fourth-order valence-electron chi connectivity index (χ4n) is 6.72. The third-order valence-electron chi connectivity index (χ3n) is 9.45. The van der Waals surface area contributed by atoms with Crippen molar-refractivity contribution < 1.29 is 27.9 Å². The maximum absolute atomic E-state index is 15.3. The molecule has 6 rings (SSSR count). The zero-order valence-corrected chi connectivity index (χ0v) is 28.8. The van der Waals surface area contributed by atoms with Crippen LogP contribution in [0.5, 0.6) is 0 Å². The van der Waals surface area contributed by atoms with Crippen molar-refractivity contribution in [2.45, 2.75) is 51.7 Å². The number of primary amides is 1. The summed E-state index contributed by atoms with van der Waals surface area (Å²) in [7, 11) is 3.59. The van der Waals surface area contributed by atoms with Crippen molar-refractivity contribution in [1.82, 2.24) is 19.3 Å². The van der Waals surface area contributed by atoms with Gasteiger partial charge < -0.3 is 30.1 Å². The number of halogens is 3. The van der Waals surface area contributed by atoms with E-state index in [1.807, 2.05) is 31.5 Å². The SMILES string of the molecule is COC1CCC(NC/C=C/C(=O)Nc2c(F)cc(C(=O)c3cc(C(N)=O)c4c(-c5c(C)cc6c(nc(C)n6C)c5Cl)cccn34)cc2F)CC1. The molecule has 1 saturated carbocycles. The van der Waals surface area contributed by atoms with Crippen molar-refractivity contribution in [2.75, 3.05) is 19.0 Å². The van der Waals surface area contributed by atoms with Crippen LogP contribution in [0.1, 0.15) is 63.5 Å². The van der Waals surface area contributed by atoms with Gasteiger partial charge in [-0.3, -0.25) is 14.4 Å². The Balaban J connectivity index is 1.26. The molecule has 2 aromatic carbocycles. The maximum atomic E-state index is 15.3. The molecule has 0 unspecified atom stereocenters. The molecule has 3 aromatic heterocycles.